The molecule has 2 aliphatic rings. The maximum absolute atomic E-state index is 9.04. The topological polar surface area (TPSA) is 39.1 Å². The molecule has 1 aliphatic carbocycles. The predicted octanol–water partition coefficient (Wildman–Crippen LogP) is 1.75. The second kappa shape index (κ2) is 5.65. The first-order valence-corrected chi connectivity index (χ1v) is 6.66. The Hall–Kier alpha value is -0.590. The van der Waals surface area contributed by atoms with Gasteiger partial charge in [-0.15, -0.1) is 0 Å². The predicted molar refractivity (Wildman–Crippen MR) is 65.0 cm³/mol. The van der Waals surface area contributed by atoms with Gasteiger partial charge in [0.15, 0.2) is 0 Å². The maximum atomic E-state index is 9.04. The van der Waals surface area contributed by atoms with E-state index in [9.17, 15) is 0 Å². The number of piperidine rings is 1. The fraction of sp³-hybridized carbons (Fsp3) is 0.923. The van der Waals surface area contributed by atoms with E-state index in [0.717, 1.165) is 18.9 Å². The van der Waals surface area contributed by atoms with Crippen LogP contribution in [0.1, 0.15) is 39.0 Å². The van der Waals surface area contributed by atoms with Gasteiger partial charge in [0.2, 0.25) is 0 Å². The highest BCUT2D eigenvalue weighted by atomic mass is 15.1. The number of hydrogen-bond acceptors (Lipinski definition) is 3. The van der Waals surface area contributed by atoms with Crippen LogP contribution in [0.2, 0.25) is 0 Å². The maximum Gasteiger partial charge on any atom is 0.0967 e. The zero-order chi connectivity index (χ0) is 11.4. The molecule has 1 aliphatic heterocycles. The largest absolute Gasteiger partial charge is 0.303 e. The van der Waals surface area contributed by atoms with E-state index < -0.39 is 0 Å². The van der Waals surface area contributed by atoms with Gasteiger partial charge in [-0.1, -0.05) is 6.92 Å². The Morgan fingerprint density at radius 2 is 2.00 bits per heavy atom. The number of rotatable bonds is 5. The molecule has 0 aromatic carbocycles. The highest BCUT2D eigenvalue weighted by Gasteiger charge is 2.25. The second-order valence-corrected chi connectivity index (χ2v) is 5.44. The summed E-state index contributed by atoms with van der Waals surface area (Å²) in [5.74, 6) is 0.896. The van der Waals surface area contributed by atoms with Gasteiger partial charge in [-0.05, 0) is 51.1 Å². The average Bonchev–Trinajstić information content (AvgIpc) is 3.10. The van der Waals surface area contributed by atoms with Gasteiger partial charge in [-0.2, -0.15) is 5.26 Å². The van der Waals surface area contributed by atoms with Crippen molar-refractivity contribution >= 4 is 0 Å². The quantitative estimate of drug-likeness (QED) is 0.769. The molecule has 3 heteroatoms. The molecular weight excluding hydrogens is 198 g/mol. The lowest BCUT2D eigenvalue weighted by atomic mass is 9.99. The summed E-state index contributed by atoms with van der Waals surface area (Å²) in [7, 11) is 0. The van der Waals surface area contributed by atoms with Crippen LogP contribution in [-0.2, 0) is 0 Å². The molecule has 3 nitrogen and oxygen atoms in total. The fourth-order valence-electron chi connectivity index (χ4n) is 2.32. The lowest BCUT2D eigenvalue weighted by molar-refractivity contribution is 0.187. The normalized spacial score (nSPS) is 25.2. The van der Waals surface area contributed by atoms with Gasteiger partial charge in [0, 0.05) is 12.6 Å². The third-order valence-corrected chi connectivity index (χ3v) is 3.78. The van der Waals surface area contributed by atoms with Crippen molar-refractivity contribution in [2.24, 2.45) is 5.92 Å². The van der Waals surface area contributed by atoms with Crippen molar-refractivity contribution in [3.05, 3.63) is 0 Å². The Labute approximate surface area is 98.8 Å². The standard InChI is InChI=1S/C13H23N3/c1-11-4-7-16(8-5-11)9-6-13(10-14)15-12-2-3-12/h11-13,15H,2-9H2,1H3. The third kappa shape index (κ3) is 3.77. The molecule has 1 N–H and O–H groups in total. The molecule has 0 radical (unpaired) electrons. The Morgan fingerprint density at radius 3 is 2.56 bits per heavy atom. The zero-order valence-corrected chi connectivity index (χ0v) is 10.3. The van der Waals surface area contributed by atoms with E-state index in [1.165, 1.54) is 38.8 Å². The smallest absolute Gasteiger partial charge is 0.0967 e. The average molecular weight is 221 g/mol. The van der Waals surface area contributed by atoms with Crippen molar-refractivity contribution < 1.29 is 0 Å². The molecule has 0 spiro atoms. The summed E-state index contributed by atoms with van der Waals surface area (Å²) in [6.07, 6.45) is 6.17. The van der Waals surface area contributed by atoms with E-state index in [2.05, 4.69) is 23.2 Å². The minimum atomic E-state index is 0.0758. The van der Waals surface area contributed by atoms with Gasteiger partial charge in [0.1, 0.15) is 0 Å². The molecule has 0 aromatic heterocycles. The van der Waals surface area contributed by atoms with Crippen LogP contribution in [0.25, 0.3) is 0 Å². The first-order valence-electron chi connectivity index (χ1n) is 6.66. The van der Waals surface area contributed by atoms with Gasteiger partial charge in [-0.25, -0.2) is 0 Å². The molecule has 0 amide bonds. The van der Waals surface area contributed by atoms with Crippen molar-refractivity contribution in [2.75, 3.05) is 19.6 Å². The molecule has 1 saturated carbocycles. The van der Waals surface area contributed by atoms with Crippen LogP contribution in [0.4, 0.5) is 0 Å². The Bertz CT molecular complexity index is 246. The van der Waals surface area contributed by atoms with Crippen molar-refractivity contribution in [2.45, 2.75) is 51.1 Å². The van der Waals surface area contributed by atoms with E-state index in [0.29, 0.717) is 6.04 Å². The summed E-state index contributed by atoms with van der Waals surface area (Å²) in [5, 5.41) is 12.4. The van der Waals surface area contributed by atoms with Crippen molar-refractivity contribution in [3.63, 3.8) is 0 Å². The summed E-state index contributed by atoms with van der Waals surface area (Å²) < 4.78 is 0. The highest BCUT2D eigenvalue weighted by molar-refractivity contribution is 4.96. The first-order chi connectivity index (χ1) is 7.78. The summed E-state index contributed by atoms with van der Waals surface area (Å²) in [4.78, 5) is 2.51. The van der Waals surface area contributed by atoms with Crippen molar-refractivity contribution in [3.8, 4) is 6.07 Å². The summed E-state index contributed by atoms with van der Waals surface area (Å²) in [6, 6.07) is 3.10. The third-order valence-electron chi connectivity index (χ3n) is 3.78. The summed E-state index contributed by atoms with van der Waals surface area (Å²) >= 11 is 0. The van der Waals surface area contributed by atoms with Crippen molar-refractivity contribution in [1.29, 1.82) is 5.26 Å². The molecule has 1 unspecified atom stereocenters. The molecule has 90 valence electrons. The lowest BCUT2D eigenvalue weighted by Gasteiger charge is -2.30. The highest BCUT2D eigenvalue weighted by Crippen LogP contribution is 2.20. The van der Waals surface area contributed by atoms with E-state index in [1.54, 1.807) is 0 Å². The molecular formula is C13H23N3. The van der Waals surface area contributed by atoms with Gasteiger partial charge < -0.3 is 4.90 Å². The number of likely N-dealkylation sites (tertiary alicyclic amines) is 1. The van der Waals surface area contributed by atoms with E-state index in [4.69, 9.17) is 5.26 Å². The molecule has 0 aromatic rings. The van der Waals surface area contributed by atoms with E-state index in [1.807, 2.05) is 0 Å². The number of nitrogens with one attached hydrogen (secondary N) is 1. The second-order valence-electron chi connectivity index (χ2n) is 5.44. The number of hydrogen-bond donors (Lipinski definition) is 1. The van der Waals surface area contributed by atoms with Crippen LogP contribution in [0.3, 0.4) is 0 Å². The number of nitriles is 1. The monoisotopic (exact) mass is 221 g/mol. The summed E-state index contributed by atoms with van der Waals surface area (Å²) in [5.41, 5.74) is 0. The molecule has 1 atom stereocenters. The van der Waals surface area contributed by atoms with Crippen LogP contribution in [0.5, 0.6) is 0 Å². The van der Waals surface area contributed by atoms with Crippen LogP contribution >= 0.6 is 0 Å². The van der Waals surface area contributed by atoms with Gasteiger partial charge in [0.05, 0.1) is 12.1 Å². The Balaban J connectivity index is 1.63. The molecule has 1 heterocycles. The van der Waals surface area contributed by atoms with E-state index >= 15 is 0 Å². The fourth-order valence-corrected chi connectivity index (χ4v) is 2.32. The van der Waals surface area contributed by atoms with Crippen LogP contribution in [0, 0.1) is 17.2 Å². The molecule has 0 bridgehead atoms. The molecule has 2 rings (SSSR count). The van der Waals surface area contributed by atoms with Crippen LogP contribution < -0.4 is 5.32 Å². The minimum Gasteiger partial charge on any atom is -0.303 e. The van der Waals surface area contributed by atoms with Crippen molar-refractivity contribution in [1.82, 2.24) is 10.2 Å². The first kappa shape index (κ1) is 11.9. The summed E-state index contributed by atoms with van der Waals surface area (Å²) in [6.45, 7) is 5.88. The Morgan fingerprint density at radius 1 is 1.31 bits per heavy atom. The molecule has 1 saturated heterocycles. The zero-order valence-electron chi connectivity index (χ0n) is 10.3. The lowest BCUT2D eigenvalue weighted by Crippen LogP contribution is -2.38. The molecule has 2 fully saturated rings. The van der Waals surface area contributed by atoms with Gasteiger partial charge >= 0.3 is 0 Å². The van der Waals surface area contributed by atoms with E-state index in [-0.39, 0.29) is 6.04 Å². The number of nitrogens with zero attached hydrogens (tertiary/aromatic N) is 2. The van der Waals surface area contributed by atoms with Crippen LogP contribution in [0.15, 0.2) is 0 Å². The van der Waals surface area contributed by atoms with Gasteiger partial charge in [-0.3, -0.25) is 5.32 Å². The van der Waals surface area contributed by atoms with Crippen LogP contribution in [-0.4, -0.2) is 36.6 Å². The Kier molecular flexibility index (Phi) is 4.20. The van der Waals surface area contributed by atoms with Gasteiger partial charge in [0.25, 0.3) is 0 Å². The SMILES string of the molecule is CC1CCN(CCC(C#N)NC2CC2)CC1. The molecule has 16 heavy (non-hydrogen) atoms. The minimum absolute atomic E-state index is 0.0758.